The van der Waals surface area contributed by atoms with E-state index in [1.54, 1.807) is 6.92 Å². The summed E-state index contributed by atoms with van der Waals surface area (Å²) in [7, 11) is -4.41. The zero-order valence-electron chi connectivity index (χ0n) is 9.93. The van der Waals surface area contributed by atoms with Crippen LogP contribution in [-0.2, 0) is 10.2 Å². The normalized spacial score (nSPS) is 11.4. The van der Waals surface area contributed by atoms with Crippen LogP contribution in [0, 0.1) is 11.6 Å². The van der Waals surface area contributed by atoms with Crippen LogP contribution in [0.25, 0.3) is 0 Å². The van der Waals surface area contributed by atoms with Crippen LogP contribution < -0.4 is 9.44 Å². The maximum atomic E-state index is 13.9. The van der Waals surface area contributed by atoms with Crippen LogP contribution in [0.4, 0.5) is 14.5 Å². The largest absolute Gasteiger partial charge is 0.478 e. The molecule has 1 aromatic rings. The highest BCUT2D eigenvalue weighted by Gasteiger charge is 2.27. The number of nitrogens with zero attached hydrogens (tertiary/aromatic N) is 1. The van der Waals surface area contributed by atoms with Crippen LogP contribution in [0.5, 0.6) is 0 Å². The van der Waals surface area contributed by atoms with Crippen molar-refractivity contribution in [1.29, 1.82) is 0 Å². The Morgan fingerprint density at radius 1 is 1.42 bits per heavy atom. The van der Waals surface area contributed by atoms with Crippen LogP contribution in [0.1, 0.15) is 23.7 Å². The minimum atomic E-state index is -4.41. The monoisotopic (exact) mass is 294 g/mol. The van der Waals surface area contributed by atoms with Crippen molar-refractivity contribution in [2.75, 3.05) is 10.8 Å². The third-order valence-corrected chi connectivity index (χ3v) is 3.26. The Kier molecular flexibility index (Phi) is 4.43. The minimum Gasteiger partial charge on any atom is -0.478 e. The number of carbonyl (C=O) groups is 1. The second kappa shape index (κ2) is 5.49. The number of hydrogen-bond donors (Lipinski definition) is 2. The van der Waals surface area contributed by atoms with Gasteiger partial charge in [0, 0.05) is 6.54 Å². The molecule has 0 unspecified atom stereocenters. The van der Waals surface area contributed by atoms with E-state index in [1.165, 1.54) is 0 Å². The van der Waals surface area contributed by atoms with Gasteiger partial charge in [-0.2, -0.15) is 8.42 Å². The lowest BCUT2D eigenvalue weighted by Gasteiger charge is -2.22. The van der Waals surface area contributed by atoms with Crippen molar-refractivity contribution in [3.63, 3.8) is 0 Å². The molecule has 0 radical (unpaired) electrons. The van der Waals surface area contributed by atoms with E-state index in [0.29, 0.717) is 16.4 Å². The highest BCUT2D eigenvalue weighted by Crippen LogP contribution is 2.27. The van der Waals surface area contributed by atoms with Gasteiger partial charge in [-0.3, -0.25) is 4.31 Å². The van der Waals surface area contributed by atoms with E-state index in [-0.39, 0.29) is 13.0 Å². The second-order valence-corrected chi connectivity index (χ2v) is 5.15. The van der Waals surface area contributed by atoms with Gasteiger partial charge in [0.05, 0.1) is 5.56 Å². The second-order valence-electron chi connectivity index (χ2n) is 3.68. The number of carboxylic acids is 1. The molecule has 0 atom stereocenters. The molecule has 1 rings (SSSR count). The molecule has 106 valence electrons. The first-order chi connectivity index (χ1) is 8.70. The maximum absolute atomic E-state index is 13.9. The summed E-state index contributed by atoms with van der Waals surface area (Å²) in [5.41, 5.74) is -1.81. The minimum absolute atomic E-state index is 0.243. The molecule has 0 saturated carbocycles. The third kappa shape index (κ3) is 3.18. The lowest BCUT2D eigenvalue weighted by Crippen LogP contribution is -2.38. The molecule has 3 N–H and O–H groups in total. The van der Waals surface area contributed by atoms with Gasteiger partial charge in [-0.1, -0.05) is 6.92 Å². The van der Waals surface area contributed by atoms with Crippen molar-refractivity contribution in [1.82, 2.24) is 0 Å². The van der Waals surface area contributed by atoms with E-state index in [1.807, 2.05) is 0 Å². The molecule has 0 amide bonds. The fourth-order valence-electron chi connectivity index (χ4n) is 1.50. The van der Waals surface area contributed by atoms with Crippen molar-refractivity contribution in [2.24, 2.45) is 5.14 Å². The van der Waals surface area contributed by atoms with E-state index in [0.717, 1.165) is 0 Å². The summed E-state index contributed by atoms with van der Waals surface area (Å²) in [6.07, 6.45) is 0.243. The number of anilines is 1. The summed E-state index contributed by atoms with van der Waals surface area (Å²) >= 11 is 0. The van der Waals surface area contributed by atoms with Gasteiger partial charge in [0.15, 0.2) is 11.6 Å². The van der Waals surface area contributed by atoms with Crippen LogP contribution >= 0.6 is 0 Å². The van der Waals surface area contributed by atoms with Crippen LogP contribution in [-0.4, -0.2) is 26.0 Å². The van der Waals surface area contributed by atoms with Crippen molar-refractivity contribution < 1.29 is 27.1 Å². The Balaban J connectivity index is 3.55. The summed E-state index contributed by atoms with van der Waals surface area (Å²) in [4.78, 5) is 10.8. The van der Waals surface area contributed by atoms with Gasteiger partial charge in [0.1, 0.15) is 5.69 Å². The van der Waals surface area contributed by atoms with E-state index in [4.69, 9.17) is 10.2 Å². The molecule has 0 aliphatic rings. The zero-order chi connectivity index (χ0) is 14.8. The standard InChI is InChI=1S/C10H12F2N2O4S/c1-2-5-14(19(13,17)18)9-7(11)4-3-6(8(9)12)10(15)16/h3-4H,2,5H2,1H3,(H,15,16)(H2,13,17,18). The SMILES string of the molecule is CCCN(c1c(F)ccc(C(=O)O)c1F)S(N)(=O)=O. The highest BCUT2D eigenvalue weighted by molar-refractivity contribution is 7.90. The summed E-state index contributed by atoms with van der Waals surface area (Å²) in [6.45, 7) is 1.31. The van der Waals surface area contributed by atoms with Gasteiger partial charge in [0.25, 0.3) is 10.2 Å². The van der Waals surface area contributed by atoms with Crippen molar-refractivity contribution in [3.05, 3.63) is 29.3 Å². The number of hydrogen-bond acceptors (Lipinski definition) is 3. The van der Waals surface area contributed by atoms with E-state index < -0.39 is 39.1 Å². The van der Waals surface area contributed by atoms with Gasteiger partial charge in [-0.05, 0) is 18.6 Å². The average molecular weight is 294 g/mol. The fraction of sp³-hybridized carbons (Fsp3) is 0.300. The molecule has 9 heteroatoms. The molecule has 19 heavy (non-hydrogen) atoms. The van der Waals surface area contributed by atoms with Gasteiger partial charge in [-0.15, -0.1) is 0 Å². The van der Waals surface area contributed by atoms with E-state index in [2.05, 4.69) is 0 Å². The smallest absolute Gasteiger partial charge is 0.338 e. The molecular weight excluding hydrogens is 282 g/mol. The number of carboxylic acid groups (broad SMARTS) is 1. The summed E-state index contributed by atoms with van der Waals surface area (Å²) in [5.74, 6) is -4.32. The Morgan fingerprint density at radius 3 is 2.42 bits per heavy atom. The Morgan fingerprint density at radius 2 is 2.00 bits per heavy atom. The quantitative estimate of drug-likeness (QED) is 0.848. The predicted octanol–water partition coefficient (Wildman–Crippen LogP) is 1.08. The Bertz CT molecular complexity index is 604. The lowest BCUT2D eigenvalue weighted by molar-refractivity contribution is 0.0692. The molecule has 1 aromatic carbocycles. The topological polar surface area (TPSA) is 101 Å². The highest BCUT2D eigenvalue weighted by atomic mass is 32.2. The number of benzene rings is 1. The van der Waals surface area contributed by atoms with Crippen molar-refractivity contribution in [2.45, 2.75) is 13.3 Å². The van der Waals surface area contributed by atoms with Gasteiger partial charge in [-0.25, -0.2) is 18.7 Å². The number of rotatable bonds is 5. The van der Waals surface area contributed by atoms with Crippen LogP contribution in [0.15, 0.2) is 12.1 Å². The van der Waals surface area contributed by atoms with Crippen molar-refractivity contribution in [3.8, 4) is 0 Å². The third-order valence-electron chi connectivity index (χ3n) is 2.28. The molecule has 0 aliphatic heterocycles. The molecule has 0 heterocycles. The lowest BCUT2D eigenvalue weighted by atomic mass is 10.1. The van der Waals surface area contributed by atoms with Crippen molar-refractivity contribution >= 4 is 21.9 Å². The van der Waals surface area contributed by atoms with Gasteiger partial charge < -0.3 is 5.11 Å². The molecule has 0 bridgehead atoms. The molecule has 0 saturated heterocycles. The first-order valence-electron chi connectivity index (χ1n) is 5.21. The molecular formula is C10H12F2N2O4S. The predicted molar refractivity (Wildman–Crippen MR) is 64.1 cm³/mol. The van der Waals surface area contributed by atoms with Crippen LogP contribution in [0.2, 0.25) is 0 Å². The zero-order valence-corrected chi connectivity index (χ0v) is 10.7. The fourth-order valence-corrected chi connectivity index (χ4v) is 2.36. The average Bonchev–Trinajstić information content (AvgIpc) is 2.26. The maximum Gasteiger partial charge on any atom is 0.338 e. The number of nitrogens with two attached hydrogens (primary N) is 1. The number of aromatic carboxylic acids is 1. The van der Waals surface area contributed by atoms with Crippen LogP contribution in [0.3, 0.4) is 0 Å². The molecule has 6 nitrogen and oxygen atoms in total. The van der Waals surface area contributed by atoms with Gasteiger partial charge >= 0.3 is 5.97 Å². The summed E-state index contributed by atoms with van der Waals surface area (Å²) in [6, 6.07) is 1.39. The first kappa shape index (κ1) is 15.3. The first-order valence-corrected chi connectivity index (χ1v) is 6.72. The summed E-state index contributed by atoms with van der Waals surface area (Å²) < 4.78 is 50.5. The molecule has 0 aliphatic carbocycles. The number of halogens is 2. The molecule has 0 aromatic heterocycles. The van der Waals surface area contributed by atoms with E-state index >= 15 is 0 Å². The Hall–Kier alpha value is -1.74. The van der Waals surface area contributed by atoms with Gasteiger partial charge in [0.2, 0.25) is 0 Å². The molecule has 0 fully saturated rings. The Labute approximate surface area is 108 Å². The molecule has 0 spiro atoms. The summed E-state index contributed by atoms with van der Waals surface area (Å²) in [5, 5.41) is 13.6. The van der Waals surface area contributed by atoms with E-state index in [9.17, 15) is 22.0 Å².